The zero-order chi connectivity index (χ0) is 9.26. The second-order valence-electron chi connectivity index (χ2n) is 2.49. The van der Waals surface area contributed by atoms with Gasteiger partial charge in [-0.05, 0) is 12.1 Å². The molecule has 0 unspecified atom stereocenters. The first-order valence-electron chi connectivity index (χ1n) is 3.82. The van der Waals surface area contributed by atoms with E-state index in [2.05, 4.69) is 4.98 Å². The van der Waals surface area contributed by atoms with Crippen LogP contribution in [-0.2, 0) is 0 Å². The minimum atomic E-state index is 0.250. The summed E-state index contributed by atoms with van der Waals surface area (Å²) in [5.74, 6) is 0.660. The number of aromatic nitrogens is 1. The van der Waals surface area contributed by atoms with Gasteiger partial charge in [0, 0.05) is 0 Å². The molecule has 68 valence electrons. The van der Waals surface area contributed by atoms with E-state index in [9.17, 15) is 0 Å². The lowest BCUT2D eigenvalue weighted by atomic mass is 10.3. The average Bonchev–Trinajstić information content (AvgIpc) is 2.59. The van der Waals surface area contributed by atoms with E-state index in [0.29, 0.717) is 11.3 Å². The molecule has 0 bridgehead atoms. The molecule has 0 atom stereocenters. The third-order valence-electron chi connectivity index (χ3n) is 1.75. The molecule has 1 aromatic heterocycles. The third-order valence-corrected chi connectivity index (χ3v) is 1.75. The van der Waals surface area contributed by atoms with Crippen LogP contribution in [0.4, 0.5) is 0 Å². The molecule has 0 radical (unpaired) electrons. The molecule has 4 heteroatoms. The van der Waals surface area contributed by atoms with Crippen molar-refractivity contribution in [3.05, 3.63) is 18.2 Å². The zero-order valence-corrected chi connectivity index (χ0v) is 7.40. The largest absolute Gasteiger partial charge is 0.493 e. The van der Waals surface area contributed by atoms with Gasteiger partial charge in [-0.15, -0.1) is 0 Å². The number of methoxy groups -OCH3 is 2. The van der Waals surface area contributed by atoms with Crippen molar-refractivity contribution >= 4 is 11.1 Å². The monoisotopic (exact) mass is 179 g/mol. The highest BCUT2D eigenvalue weighted by Gasteiger charge is 2.09. The molecular formula is C9H9NO3. The summed E-state index contributed by atoms with van der Waals surface area (Å²) in [5.41, 5.74) is 1.35. The van der Waals surface area contributed by atoms with E-state index in [0.717, 1.165) is 5.52 Å². The Morgan fingerprint density at radius 2 is 2.08 bits per heavy atom. The van der Waals surface area contributed by atoms with Gasteiger partial charge in [0.15, 0.2) is 11.3 Å². The molecule has 4 nitrogen and oxygen atoms in total. The van der Waals surface area contributed by atoms with Gasteiger partial charge in [-0.25, -0.2) is 0 Å². The van der Waals surface area contributed by atoms with Crippen molar-refractivity contribution in [3.8, 4) is 11.8 Å². The maximum atomic E-state index is 5.28. The standard InChI is InChI=1S/C9H9NO3/c1-11-7-5-3-4-6-8(7)13-9(10-6)12-2/h3-5H,1-2H3. The van der Waals surface area contributed by atoms with E-state index in [1.54, 1.807) is 7.11 Å². The molecule has 0 aliphatic carbocycles. The first kappa shape index (κ1) is 7.91. The fraction of sp³-hybridized carbons (Fsp3) is 0.222. The van der Waals surface area contributed by atoms with E-state index in [-0.39, 0.29) is 6.08 Å². The second-order valence-corrected chi connectivity index (χ2v) is 2.49. The van der Waals surface area contributed by atoms with Crippen LogP contribution in [0.2, 0.25) is 0 Å². The van der Waals surface area contributed by atoms with Crippen molar-refractivity contribution in [3.63, 3.8) is 0 Å². The summed E-state index contributed by atoms with van der Waals surface area (Å²) in [7, 11) is 3.10. The molecule has 0 aliphatic rings. The summed E-state index contributed by atoms with van der Waals surface area (Å²) in [6, 6.07) is 5.50. The highest BCUT2D eigenvalue weighted by molar-refractivity contribution is 5.79. The molecule has 0 aliphatic heterocycles. The van der Waals surface area contributed by atoms with Crippen LogP contribution in [0.15, 0.2) is 22.6 Å². The molecular weight excluding hydrogens is 170 g/mol. The highest BCUT2D eigenvalue weighted by atomic mass is 16.6. The van der Waals surface area contributed by atoms with Crippen molar-refractivity contribution in [2.75, 3.05) is 14.2 Å². The Hall–Kier alpha value is -1.71. The van der Waals surface area contributed by atoms with Crippen molar-refractivity contribution < 1.29 is 13.9 Å². The summed E-state index contributed by atoms with van der Waals surface area (Å²) in [4.78, 5) is 4.07. The fourth-order valence-corrected chi connectivity index (χ4v) is 1.15. The molecule has 0 saturated carbocycles. The Kier molecular flexibility index (Phi) is 1.81. The molecule has 13 heavy (non-hydrogen) atoms. The lowest BCUT2D eigenvalue weighted by Gasteiger charge is -1.96. The number of hydrogen-bond acceptors (Lipinski definition) is 4. The quantitative estimate of drug-likeness (QED) is 0.705. The number of rotatable bonds is 2. The van der Waals surface area contributed by atoms with E-state index in [1.807, 2.05) is 18.2 Å². The number of benzene rings is 1. The number of para-hydroxylation sites is 1. The lowest BCUT2D eigenvalue weighted by Crippen LogP contribution is -1.81. The Morgan fingerprint density at radius 3 is 2.77 bits per heavy atom. The van der Waals surface area contributed by atoms with Crippen LogP contribution in [0, 0.1) is 0 Å². The van der Waals surface area contributed by atoms with Gasteiger partial charge >= 0.3 is 6.08 Å². The normalized spacial score (nSPS) is 10.3. The van der Waals surface area contributed by atoms with Crippen LogP contribution in [0.25, 0.3) is 11.1 Å². The predicted molar refractivity (Wildman–Crippen MR) is 47.1 cm³/mol. The number of hydrogen-bond donors (Lipinski definition) is 0. The van der Waals surface area contributed by atoms with Crippen LogP contribution in [0.3, 0.4) is 0 Å². The molecule has 0 saturated heterocycles. The Bertz CT molecular complexity index is 422. The minimum absolute atomic E-state index is 0.250. The summed E-state index contributed by atoms with van der Waals surface area (Å²) in [6.45, 7) is 0. The van der Waals surface area contributed by atoms with Crippen LogP contribution in [0.5, 0.6) is 11.8 Å². The second kappa shape index (κ2) is 2.97. The number of oxazole rings is 1. The van der Waals surface area contributed by atoms with E-state index in [1.165, 1.54) is 7.11 Å². The van der Waals surface area contributed by atoms with Gasteiger partial charge in [-0.2, -0.15) is 4.98 Å². The van der Waals surface area contributed by atoms with Crippen LogP contribution < -0.4 is 9.47 Å². The van der Waals surface area contributed by atoms with Gasteiger partial charge in [-0.3, -0.25) is 0 Å². The molecule has 0 amide bonds. The summed E-state index contributed by atoms with van der Waals surface area (Å²) in [6.07, 6.45) is 0.250. The molecule has 2 rings (SSSR count). The van der Waals surface area contributed by atoms with Crippen molar-refractivity contribution in [1.29, 1.82) is 0 Å². The topological polar surface area (TPSA) is 44.5 Å². The van der Waals surface area contributed by atoms with E-state index in [4.69, 9.17) is 13.9 Å². The lowest BCUT2D eigenvalue weighted by molar-refractivity contribution is 0.296. The van der Waals surface area contributed by atoms with Crippen LogP contribution >= 0.6 is 0 Å². The maximum Gasteiger partial charge on any atom is 0.394 e. The Balaban J connectivity index is 2.67. The molecule has 0 N–H and O–H groups in total. The minimum Gasteiger partial charge on any atom is -0.493 e. The molecule has 1 aromatic carbocycles. The maximum absolute atomic E-state index is 5.28. The van der Waals surface area contributed by atoms with E-state index >= 15 is 0 Å². The SMILES string of the molecule is COc1nc2cccc(OC)c2o1. The summed E-state index contributed by atoms with van der Waals surface area (Å²) >= 11 is 0. The Morgan fingerprint density at radius 1 is 1.23 bits per heavy atom. The van der Waals surface area contributed by atoms with Crippen LogP contribution in [-0.4, -0.2) is 19.2 Å². The number of ether oxygens (including phenoxy) is 2. The van der Waals surface area contributed by atoms with Gasteiger partial charge < -0.3 is 13.9 Å². The third kappa shape index (κ3) is 1.20. The predicted octanol–water partition coefficient (Wildman–Crippen LogP) is 1.84. The number of nitrogens with zero attached hydrogens (tertiary/aromatic N) is 1. The van der Waals surface area contributed by atoms with Gasteiger partial charge in [0.2, 0.25) is 0 Å². The first-order valence-corrected chi connectivity index (χ1v) is 3.82. The fourth-order valence-electron chi connectivity index (χ4n) is 1.15. The smallest absolute Gasteiger partial charge is 0.394 e. The van der Waals surface area contributed by atoms with Gasteiger partial charge in [0.1, 0.15) is 5.52 Å². The molecule has 0 spiro atoms. The van der Waals surface area contributed by atoms with Gasteiger partial charge in [0.25, 0.3) is 0 Å². The zero-order valence-electron chi connectivity index (χ0n) is 7.40. The van der Waals surface area contributed by atoms with Crippen molar-refractivity contribution in [1.82, 2.24) is 4.98 Å². The molecule has 2 aromatic rings. The molecule has 1 heterocycles. The first-order chi connectivity index (χ1) is 6.35. The van der Waals surface area contributed by atoms with Gasteiger partial charge in [-0.1, -0.05) is 6.07 Å². The van der Waals surface area contributed by atoms with Crippen molar-refractivity contribution in [2.24, 2.45) is 0 Å². The Labute approximate surface area is 75.1 Å². The summed E-state index contributed by atoms with van der Waals surface area (Å²) in [5, 5.41) is 0. The van der Waals surface area contributed by atoms with E-state index < -0.39 is 0 Å². The van der Waals surface area contributed by atoms with Crippen LogP contribution in [0.1, 0.15) is 0 Å². The number of fused-ring (bicyclic) bond motifs is 1. The molecule has 0 fully saturated rings. The summed E-state index contributed by atoms with van der Waals surface area (Å²) < 4.78 is 15.2. The van der Waals surface area contributed by atoms with Gasteiger partial charge in [0.05, 0.1) is 14.2 Å². The van der Waals surface area contributed by atoms with Crippen molar-refractivity contribution in [2.45, 2.75) is 0 Å². The highest BCUT2D eigenvalue weighted by Crippen LogP contribution is 2.28. The average molecular weight is 179 g/mol.